The molecule has 0 aromatic heterocycles. The smallest absolute Gasteiger partial charge is 0.0900 e. The number of nitrogens with zero attached hydrogens (tertiary/aromatic N) is 1. The minimum atomic E-state index is -0.335. The van der Waals surface area contributed by atoms with Crippen LogP contribution in [0.4, 0.5) is 0 Å². The summed E-state index contributed by atoms with van der Waals surface area (Å²) in [6.07, 6.45) is 6.20. The second-order valence-corrected chi connectivity index (χ2v) is 5.93. The lowest BCUT2D eigenvalue weighted by Crippen LogP contribution is -2.41. The Morgan fingerprint density at radius 1 is 1.28 bits per heavy atom. The van der Waals surface area contributed by atoms with Gasteiger partial charge in [-0.3, -0.25) is 4.90 Å². The van der Waals surface area contributed by atoms with E-state index in [1.165, 1.54) is 32.1 Å². The second-order valence-electron chi connectivity index (χ2n) is 5.93. The molecule has 1 aliphatic carbocycles. The van der Waals surface area contributed by atoms with Crippen LogP contribution in [0.15, 0.2) is 0 Å². The molecule has 1 rings (SSSR count). The summed E-state index contributed by atoms with van der Waals surface area (Å²) in [5.41, 5.74) is 0. The first-order valence-corrected chi connectivity index (χ1v) is 7.63. The van der Waals surface area contributed by atoms with Gasteiger partial charge in [0.15, 0.2) is 0 Å². The maximum Gasteiger partial charge on any atom is 0.0900 e. The molecule has 3 heteroatoms. The maximum absolute atomic E-state index is 10.0. The van der Waals surface area contributed by atoms with Crippen LogP contribution in [0.1, 0.15) is 52.9 Å². The van der Waals surface area contributed by atoms with E-state index in [9.17, 15) is 5.11 Å². The van der Waals surface area contributed by atoms with Crippen LogP contribution < -0.4 is 0 Å². The monoisotopic (exact) mass is 257 g/mol. The Labute approximate surface area is 113 Å². The van der Waals surface area contributed by atoms with Gasteiger partial charge in [-0.15, -0.1) is 0 Å². The molecule has 1 unspecified atom stereocenters. The fraction of sp³-hybridized carbons (Fsp3) is 1.00. The minimum Gasteiger partial charge on any atom is -0.389 e. The third kappa shape index (κ3) is 6.17. The predicted molar refractivity (Wildman–Crippen MR) is 75.8 cm³/mol. The highest BCUT2D eigenvalue weighted by molar-refractivity contribution is 4.79. The molecule has 1 fully saturated rings. The molecule has 0 spiro atoms. The molecule has 0 aliphatic heterocycles. The quantitative estimate of drug-likeness (QED) is 0.689. The lowest BCUT2D eigenvalue weighted by Gasteiger charge is -2.31. The Morgan fingerprint density at radius 3 is 2.50 bits per heavy atom. The summed E-state index contributed by atoms with van der Waals surface area (Å²) < 4.78 is 5.31. The number of ether oxygens (including phenoxy) is 1. The second kappa shape index (κ2) is 8.89. The lowest BCUT2D eigenvalue weighted by molar-refractivity contribution is 0.0117. The molecule has 18 heavy (non-hydrogen) atoms. The zero-order valence-corrected chi connectivity index (χ0v) is 12.4. The normalized spacial score (nSPS) is 19.0. The van der Waals surface area contributed by atoms with Gasteiger partial charge in [0.25, 0.3) is 0 Å². The molecular weight excluding hydrogens is 226 g/mol. The zero-order valence-electron chi connectivity index (χ0n) is 12.4. The molecule has 0 radical (unpaired) electrons. The van der Waals surface area contributed by atoms with E-state index >= 15 is 0 Å². The van der Waals surface area contributed by atoms with Crippen LogP contribution in [-0.2, 0) is 4.74 Å². The van der Waals surface area contributed by atoms with Gasteiger partial charge in [-0.1, -0.05) is 26.7 Å². The largest absolute Gasteiger partial charge is 0.389 e. The Bertz CT molecular complexity index is 203. The van der Waals surface area contributed by atoms with Gasteiger partial charge in [0.05, 0.1) is 12.7 Å². The van der Waals surface area contributed by atoms with E-state index in [4.69, 9.17) is 4.74 Å². The van der Waals surface area contributed by atoms with E-state index in [1.54, 1.807) is 0 Å². The van der Waals surface area contributed by atoms with Gasteiger partial charge >= 0.3 is 0 Å². The van der Waals surface area contributed by atoms with Crippen LogP contribution in [0.25, 0.3) is 0 Å². The average molecular weight is 257 g/mol. The van der Waals surface area contributed by atoms with Gasteiger partial charge in [0.2, 0.25) is 0 Å². The van der Waals surface area contributed by atoms with Crippen LogP contribution in [0.5, 0.6) is 0 Å². The van der Waals surface area contributed by atoms with Crippen molar-refractivity contribution in [2.75, 3.05) is 26.3 Å². The predicted octanol–water partition coefficient (Wildman–Crippen LogP) is 2.67. The summed E-state index contributed by atoms with van der Waals surface area (Å²) >= 11 is 0. The van der Waals surface area contributed by atoms with Crippen LogP contribution >= 0.6 is 0 Å². The Hall–Kier alpha value is -0.120. The van der Waals surface area contributed by atoms with Crippen molar-refractivity contribution in [3.63, 3.8) is 0 Å². The SMILES string of the molecule is CCOCC(O)CN(CCC(C)C)C1CCCC1. The lowest BCUT2D eigenvalue weighted by atomic mass is 10.1. The zero-order chi connectivity index (χ0) is 13.4. The summed E-state index contributed by atoms with van der Waals surface area (Å²) in [5, 5.41) is 10.0. The third-order valence-corrected chi connectivity index (χ3v) is 3.79. The van der Waals surface area contributed by atoms with E-state index < -0.39 is 0 Å². The first kappa shape index (κ1) is 15.9. The number of hydrogen-bond donors (Lipinski definition) is 1. The van der Waals surface area contributed by atoms with Gasteiger partial charge < -0.3 is 9.84 Å². The highest BCUT2D eigenvalue weighted by atomic mass is 16.5. The van der Waals surface area contributed by atoms with E-state index in [1.807, 2.05) is 6.92 Å². The summed E-state index contributed by atoms with van der Waals surface area (Å²) in [4.78, 5) is 2.50. The molecule has 1 saturated carbocycles. The Kier molecular flexibility index (Phi) is 7.87. The third-order valence-electron chi connectivity index (χ3n) is 3.79. The van der Waals surface area contributed by atoms with Gasteiger partial charge in [-0.2, -0.15) is 0 Å². The van der Waals surface area contributed by atoms with Crippen molar-refractivity contribution in [2.45, 2.75) is 65.0 Å². The molecule has 1 atom stereocenters. The first-order valence-electron chi connectivity index (χ1n) is 7.63. The standard InChI is InChI=1S/C15H31NO2/c1-4-18-12-15(17)11-16(10-9-13(2)3)14-7-5-6-8-14/h13-15,17H,4-12H2,1-3H3. The van der Waals surface area contributed by atoms with Crippen molar-refractivity contribution in [3.8, 4) is 0 Å². The fourth-order valence-electron chi connectivity index (χ4n) is 2.69. The highest BCUT2D eigenvalue weighted by Gasteiger charge is 2.24. The first-order chi connectivity index (χ1) is 8.63. The van der Waals surface area contributed by atoms with Crippen molar-refractivity contribution in [1.29, 1.82) is 0 Å². The molecule has 1 N–H and O–H groups in total. The van der Waals surface area contributed by atoms with Crippen LogP contribution in [0, 0.1) is 5.92 Å². The summed E-state index contributed by atoms with van der Waals surface area (Å²) in [7, 11) is 0. The van der Waals surface area contributed by atoms with Crippen molar-refractivity contribution in [1.82, 2.24) is 4.90 Å². The number of aliphatic hydroxyl groups excluding tert-OH is 1. The molecule has 108 valence electrons. The number of rotatable bonds is 9. The summed E-state index contributed by atoms with van der Waals surface area (Å²) in [5.74, 6) is 0.734. The summed E-state index contributed by atoms with van der Waals surface area (Å²) in [6.45, 7) is 9.56. The van der Waals surface area contributed by atoms with Gasteiger partial charge in [-0.05, 0) is 38.6 Å². The number of aliphatic hydroxyl groups is 1. The van der Waals surface area contributed by atoms with Crippen molar-refractivity contribution >= 4 is 0 Å². The molecule has 1 aliphatic rings. The molecule has 0 bridgehead atoms. The van der Waals surface area contributed by atoms with E-state index in [0.29, 0.717) is 19.3 Å². The molecule has 0 amide bonds. The number of hydrogen-bond acceptors (Lipinski definition) is 3. The molecule has 0 saturated heterocycles. The molecule has 0 aromatic rings. The highest BCUT2D eigenvalue weighted by Crippen LogP contribution is 2.24. The van der Waals surface area contributed by atoms with Gasteiger partial charge in [-0.25, -0.2) is 0 Å². The molecule has 0 heterocycles. The van der Waals surface area contributed by atoms with Crippen molar-refractivity contribution < 1.29 is 9.84 Å². The van der Waals surface area contributed by atoms with Gasteiger partial charge in [0, 0.05) is 19.2 Å². The van der Waals surface area contributed by atoms with Crippen LogP contribution in [0.2, 0.25) is 0 Å². The van der Waals surface area contributed by atoms with Crippen LogP contribution in [0.3, 0.4) is 0 Å². The Morgan fingerprint density at radius 2 is 1.94 bits per heavy atom. The maximum atomic E-state index is 10.0. The summed E-state index contributed by atoms with van der Waals surface area (Å²) in [6, 6.07) is 0.694. The van der Waals surface area contributed by atoms with Crippen LogP contribution in [-0.4, -0.2) is 48.5 Å². The van der Waals surface area contributed by atoms with E-state index in [-0.39, 0.29) is 6.10 Å². The van der Waals surface area contributed by atoms with E-state index in [0.717, 1.165) is 19.0 Å². The van der Waals surface area contributed by atoms with Gasteiger partial charge in [0.1, 0.15) is 0 Å². The molecule has 3 nitrogen and oxygen atoms in total. The minimum absolute atomic E-state index is 0.335. The van der Waals surface area contributed by atoms with Crippen molar-refractivity contribution in [3.05, 3.63) is 0 Å². The Balaban J connectivity index is 2.37. The molecular formula is C15H31NO2. The van der Waals surface area contributed by atoms with E-state index in [2.05, 4.69) is 18.7 Å². The molecule has 0 aromatic carbocycles. The fourth-order valence-corrected chi connectivity index (χ4v) is 2.69. The van der Waals surface area contributed by atoms with Crippen molar-refractivity contribution in [2.24, 2.45) is 5.92 Å². The average Bonchev–Trinajstić information content (AvgIpc) is 2.85. The topological polar surface area (TPSA) is 32.7 Å².